The Kier molecular flexibility index (Phi) is 7.05. The molecule has 0 saturated heterocycles. The zero-order valence-corrected chi connectivity index (χ0v) is 21.9. The summed E-state index contributed by atoms with van der Waals surface area (Å²) in [5.74, 6) is 0.0562. The zero-order chi connectivity index (χ0) is 28.5. The number of halogens is 2. The number of hydrogen-bond acceptors (Lipinski definition) is 8. The van der Waals surface area contributed by atoms with Crippen molar-refractivity contribution in [2.45, 2.75) is 44.4 Å². The number of benzene rings is 1. The highest BCUT2D eigenvalue weighted by atomic mass is 19.3. The fourth-order valence-electron chi connectivity index (χ4n) is 5.00. The topological polar surface area (TPSA) is 134 Å². The molecule has 5 aromatic rings. The van der Waals surface area contributed by atoms with E-state index in [1.807, 2.05) is 0 Å². The van der Waals surface area contributed by atoms with Crippen LogP contribution in [0, 0.1) is 0 Å². The number of amides is 1. The van der Waals surface area contributed by atoms with Crippen LogP contribution in [0.1, 0.15) is 42.1 Å². The molecular weight excluding hydrogens is 538 g/mol. The summed E-state index contributed by atoms with van der Waals surface area (Å²) in [7, 11) is 1.64. The highest BCUT2D eigenvalue weighted by Gasteiger charge is 2.26. The van der Waals surface area contributed by atoms with E-state index in [2.05, 4.69) is 25.6 Å². The Bertz CT molecular complexity index is 1700. The van der Waals surface area contributed by atoms with Crippen molar-refractivity contribution < 1.29 is 28.2 Å². The molecule has 1 aromatic carbocycles. The van der Waals surface area contributed by atoms with Crippen molar-refractivity contribution in [2.24, 2.45) is 7.05 Å². The largest absolute Gasteiger partial charge is 0.454 e. The highest BCUT2D eigenvalue weighted by Crippen LogP contribution is 2.39. The number of carbonyl (C=O) groups is 1. The number of hydrogen-bond donors (Lipinski definition) is 2. The molecule has 0 radical (unpaired) electrons. The van der Waals surface area contributed by atoms with E-state index in [1.54, 1.807) is 42.6 Å². The first-order valence-corrected chi connectivity index (χ1v) is 13.0. The predicted octanol–water partition coefficient (Wildman–Crippen LogP) is 4.45. The van der Waals surface area contributed by atoms with Gasteiger partial charge in [0.15, 0.2) is 11.4 Å². The first-order valence-electron chi connectivity index (χ1n) is 13.0. The van der Waals surface area contributed by atoms with E-state index < -0.39 is 18.6 Å². The monoisotopic (exact) mass is 564 g/mol. The number of aryl methyl sites for hydroxylation is 1. The number of ether oxygens (including phenoxy) is 2. The van der Waals surface area contributed by atoms with Crippen LogP contribution in [0.4, 0.5) is 14.5 Å². The number of nitrogens with zero attached hydrogens (tertiary/aromatic N) is 7. The van der Waals surface area contributed by atoms with Crippen molar-refractivity contribution in [1.29, 1.82) is 0 Å². The van der Waals surface area contributed by atoms with Crippen LogP contribution in [0.3, 0.4) is 0 Å². The van der Waals surface area contributed by atoms with Crippen molar-refractivity contribution in [3.05, 3.63) is 67.0 Å². The van der Waals surface area contributed by atoms with Gasteiger partial charge in [0.2, 0.25) is 0 Å². The molecule has 4 aromatic heterocycles. The van der Waals surface area contributed by atoms with E-state index in [-0.39, 0.29) is 34.3 Å². The summed E-state index contributed by atoms with van der Waals surface area (Å²) < 4.78 is 42.0. The van der Waals surface area contributed by atoms with Crippen LogP contribution >= 0.6 is 0 Å². The van der Waals surface area contributed by atoms with Crippen LogP contribution in [0.15, 0.2) is 61.4 Å². The van der Waals surface area contributed by atoms with Gasteiger partial charge in [-0.25, -0.2) is 9.50 Å². The molecule has 212 valence electrons. The quantitative estimate of drug-likeness (QED) is 0.283. The third-order valence-corrected chi connectivity index (χ3v) is 6.87. The standard InChI is InChI=1S/C27H26F2N8O4/c1-35-15-20(33-26(39)19-13-32-36-10-4-9-30-25(19)36)24(34-35)18-11-16(7-8-23(18)41-27(28)29)40-17-12-31-37(14-17)21-5-2-3-6-22(21)38/h4,7-15,21-22,27,38H,2-3,5-6H2,1H3,(H,33,39)/t21-,22-/m0/s1. The Morgan fingerprint density at radius 3 is 2.83 bits per heavy atom. The van der Waals surface area contributed by atoms with E-state index in [0.29, 0.717) is 23.6 Å². The lowest BCUT2D eigenvalue weighted by Crippen LogP contribution is -2.27. The third kappa shape index (κ3) is 5.45. The molecule has 1 aliphatic carbocycles. The van der Waals surface area contributed by atoms with Gasteiger partial charge in [0, 0.05) is 25.6 Å². The highest BCUT2D eigenvalue weighted by molar-refractivity contribution is 6.09. The minimum Gasteiger partial charge on any atom is -0.454 e. The third-order valence-electron chi connectivity index (χ3n) is 6.87. The summed E-state index contributed by atoms with van der Waals surface area (Å²) in [5.41, 5.74) is 1.19. The predicted molar refractivity (Wildman–Crippen MR) is 142 cm³/mol. The SMILES string of the molecule is Cn1cc(NC(=O)c2cnn3cccnc23)c(-c2cc(Oc3cnn([C@H]4CCCC[C@@H]4O)c3)ccc2OC(F)F)n1. The van der Waals surface area contributed by atoms with Gasteiger partial charge in [-0.2, -0.15) is 24.1 Å². The van der Waals surface area contributed by atoms with Gasteiger partial charge in [-0.1, -0.05) is 12.8 Å². The lowest BCUT2D eigenvalue weighted by molar-refractivity contribution is -0.0494. The summed E-state index contributed by atoms with van der Waals surface area (Å²) >= 11 is 0. The number of nitrogens with one attached hydrogen (secondary N) is 1. The van der Waals surface area contributed by atoms with E-state index in [1.165, 1.54) is 39.8 Å². The van der Waals surface area contributed by atoms with Gasteiger partial charge in [-0.05, 0) is 37.1 Å². The Morgan fingerprint density at radius 2 is 2.00 bits per heavy atom. The van der Waals surface area contributed by atoms with Crippen LogP contribution in [-0.4, -0.2) is 57.9 Å². The summed E-state index contributed by atoms with van der Waals surface area (Å²) in [5, 5.41) is 26.0. The number of anilines is 1. The van der Waals surface area contributed by atoms with E-state index in [0.717, 1.165) is 19.3 Å². The lowest BCUT2D eigenvalue weighted by atomic mass is 9.93. The van der Waals surface area contributed by atoms with E-state index in [9.17, 15) is 18.7 Å². The fourth-order valence-corrected chi connectivity index (χ4v) is 5.00. The van der Waals surface area contributed by atoms with Gasteiger partial charge in [0.05, 0.1) is 42.0 Å². The molecule has 41 heavy (non-hydrogen) atoms. The number of rotatable bonds is 8. The maximum atomic E-state index is 13.3. The molecule has 14 heteroatoms. The molecule has 0 bridgehead atoms. The smallest absolute Gasteiger partial charge is 0.387 e. The molecule has 2 N–H and O–H groups in total. The van der Waals surface area contributed by atoms with E-state index >= 15 is 0 Å². The van der Waals surface area contributed by atoms with Gasteiger partial charge >= 0.3 is 6.61 Å². The lowest BCUT2D eigenvalue weighted by Gasteiger charge is -2.27. The average molecular weight is 565 g/mol. The number of aliphatic hydroxyl groups excluding tert-OH is 1. The molecule has 0 spiro atoms. The fraction of sp³-hybridized carbons (Fsp3) is 0.296. The Labute approximate surface area is 232 Å². The van der Waals surface area contributed by atoms with Crippen molar-refractivity contribution in [1.82, 2.24) is 34.2 Å². The Balaban J connectivity index is 1.30. The normalized spacial score (nSPS) is 17.2. The van der Waals surface area contributed by atoms with Crippen molar-refractivity contribution in [2.75, 3.05) is 5.32 Å². The van der Waals surface area contributed by atoms with Gasteiger partial charge in [-0.3, -0.25) is 14.2 Å². The number of fused-ring (bicyclic) bond motifs is 1. The molecule has 2 atom stereocenters. The van der Waals surface area contributed by atoms with Crippen LogP contribution in [0.5, 0.6) is 17.2 Å². The molecule has 12 nitrogen and oxygen atoms in total. The maximum Gasteiger partial charge on any atom is 0.387 e. The van der Waals surface area contributed by atoms with Crippen LogP contribution < -0.4 is 14.8 Å². The number of aromatic nitrogens is 7. The summed E-state index contributed by atoms with van der Waals surface area (Å²) in [6, 6.07) is 5.88. The number of alkyl halides is 2. The number of aliphatic hydroxyl groups is 1. The van der Waals surface area contributed by atoms with E-state index in [4.69, 9.17) is 9.47 Å². The van der Waals surface area contributed by atoms with Crippen LogP contribution in [0.2, 0.25) is 0 Å². The van der Waals surface area contributed by atoms with Crippen molar-refractivity contribution in [3.63, 3.8) is 0 Å². The summed E-state index contributed by atoms with van der Waals surface area (Å²) in [4.78, 5) is 17.4. The molecular formula is C27H26F2N8O4. The molecule has 6 rings (SSSR count). The van der Waals surface area contributed by atoms with Crippen LogP contribution in [0.25, 0.3) is 16.9 Å². The molecule has 1 saturated carbocycles. The van der Waals surface area contributed by atoms with Gasteiger partial charge in [0.25, 0.3) is 5.91 Å². The molecule has 0 unspecified atom stereocenters. The summed E-state index contributed by atoms with van der Waals surface area (Å²) in [6.45, 7) is -3.09. The second-order valence-electron chi connectivity index (χ2n) is 9.68. The molecule has 4 heterocycles. The van der Waals surface area contributed by atoms with Crippen LogP contribution in [-0.2, 0) is 7.05 Å². The summed E-state index contributed by atoms with van der Waals surface area (Å²) in [6.07, 6.45) is 12.4. The van der Waals surface area contributed by atoms with Gasteiger partial charge in [-0.15, -0.1) is 0 Å². The Morgan fingerprint density at radius 1 is 1.15 bits per heavy atom. The second kappa shape index (κ2) is 11.0. The molecule has 1 aliphatic rings. The van der Waals surface area contributed by atoms with Gasteiger partial charge < -0.3 is 19.9 Å². The minimum absolute atomic E-state index is 0.137. The first kappa shape index (κ1) is 26.4. The van der Waals surface area contributed by atoms with Crippen molar-refractivity contribution in [3.8, 4) is 28.5 Å². The second-order valence-corrected chi connectivity index (χ2v) is 9.68. The molecule has 1 fully saturated rings. The zero-order valence-electron chi connectivity index (χ0n) is 21.9. The average Bonchev–Trinajstić information content (AvgIpc) is 3.68. The molecule has 0 aliphatic heterocycles. The van der Waals surface area contributed by atoms with Crippen molar-refractivity contribution >= 4 is 17.2 Å². The minimum atomic E-state index is -3.09. The Hall–Kier alpha value is -4.85. The van der Waals surface area contributed by atoms with Gasteiger partial charge in [0.1, 0.15) is 22.8 Å². The maximum absolute atomic E-state index is 13.3. The first-order chi connectivity index (χ1) is 19.9. The molecule has 1 amide bonds. The number of carbonyl (C=O) groups excluding carboxylic acids is 1.